The number of rotatable bonds is 2. The van der Waals surface area contributed by atoms with Crippen molar-refractivity contribution in [2.24, 2.45) is 5.92 Å². The van der Waals surface area contributed by atoms with Gasteiger partial charge in [0.05, 0.1) is 0 Å². The van der Waals surface area contributed by atoms with Crippen molar-refractivity contribution in [3.05, 3.63) is 35.7 Å². The van der Waals surface area contributed by atoms with E-state index in [4.69, 9.17) is 0 Å². The molecular weight excluding hydrogens is 359 g/mol. The number of carbonyl (C=O) groups is 1. The van der Waals surface area contributed by atoms with Crippen molar-refractivity contribution >= 4 is 5.91 Å². The summed E-state index contributed by atoms with van der Waals surface area (Å²) in [6.07, 6.45) is 2.17. The van der Waals surface area contributed by atoms with Crippen LogP contribution < -0.4 is 0 Å². The summed E-state index contributed by atoms with van der Waals surface area (Å²) < 4.78 is 42.0. The van der Waals surface area contributed by atoms with Crippen LogP contribution in [0, 0.1) is 5.92 Å². The van der Waals surface area contributed by atoms with Crippen LogP contribution in [0.5, 0.6) is 0 Å². The van der Waals surface area contributed by atoms with Gasteiger partial charge in [0.15, 0.2) is 0 Å². The number of nitrogens with zero attached hydrogens (tertiary/aromatic N) is 3. The van der Waals surface area contributed by atoms with Gasteiger partial charge in [-0.2, -0.15) is 18.2 Å². The number of alkyl halides is 3. The van der Waals surface area contributed by atoms with Crippen molar-refractivity contribution in [1.82, 2.24) is 15.0 Å². The van der Waals surface area contributed by atoms with Crippen molar-refractivity contribution in [3.8, 4) is 11.4 Å². The molecule has 5 nitrogen and oxygen atoms in total. The van der Waals surface area contributed by atoms with Crippen LogP contribution in [-0.2, 0) is 6.18 Å². The number of benzene rings is 1. The van der Waals surface area contributed by atoms with Gasteiger partial charge in [-0.1, -0.05) is 30.1 Å². The maximum Gasteiger partial charge on any atom is 0.471 e. The number of piperidine rings is 1. The number of aromatic nitrogens is 2. The molecule has 2 atom stereocenters. The van der Waals surface area contributed by atoms with E-state index >= 15 is 0 Å². The highest BCUT2D eigenvalue weighted by molar-refractivity contribution is 5.95. The minimum Gasteiger partial charge on any atom is -0.335 e. The normalized spacial score (nSPS) is 23.1. The van der Waals surface area contributed by atoms with Gasteiger partial charge >= 0.3 is 12.1 Å². The Morgan fingerprint density at radius 3 is 2.48 bits per heavy atom. The average Bonchev–Trinajstić information content (AvgIpc) is 3.18. The predicted molar refractivity (Wildman–Crippen MR) is 90.8 cm³/mol. The first-order chi connectivity index (χ1) is 12.9. The third-order valence-corrected chi connectivity index (χ3v) is 5.56. The largest absolute Gasteiger partial charge is 0.471 e. The standard InChI is InChI=1S/C19H20F3N3O2/c20-19(21,22)18-23-16(24-27-18)13-7-9-14(10-8-13)17(26)25-11-3-5-12-4-1-2-6-15(12)25/h7-10,12,15H,1-6,11H2/t12-,15-/m0/s1. The number of likely N-dealkylation sites (tertiary alicyclic amines) is 1. The molecule has 1 aromatic heterocycles. The van der Waals surface area contributed by atoms with Gasteiger partial charge in [0.25, 0.3) is 5.91 Å². The van der Waals surface area contributed by atoms with Gasteiger partial charge in [-0.3, -0.25) is 4.79 Å². The van der Waals surface area contributed by atoms with Gasteiger partial charge in [0, 0.05) is 23.7 Å². The summed E-state index contributed by atoms with van der Waals surface area (Å²) in [5.41, 5.74) is 0.907. The molecule has 1 aromatic carbocycles. The number of carbonyl (C=O) groups excluding carboxylic acids is 1. The molecule has 1 saturated carbocycles. The van der Waals surface area contributed by atoms with E-state index in [9.17, 15) is 18.0 Å². The molecular formula is C19H20F3N3O2. The molecule has 8 heteroatoms. The molecule has 0 N–H and O–H groups in total. The van der Waals surface area contributed by atoms with Crippen LogP contribution in [-0.4, -0.2) is 33.5 Å². The highest BCUT2D eigenvalue weighted by Crippen LogP contribution is 2.36. The summed E-state index contributed by atoms with van der Waals surface area (Å²) in [5.74, 6) is -0.945. The molecule has 144 valence electrons. The summed E-state index contributed by atoms with van der Waals surface area (Å²) >= 11 is 0. The molecule has 1 amide bonds. The van der Waals surface area contributed by atoms with Crippen molar-refractivity contribution in [1.29, 1.82) is 0 Å². The maximum absolute atomic E-state index is 13.0. The molecule has 0 bridgehead atoms. The first kappa shape index (κ1) is 18.0. The van der Waals surface area contributed by atoms with E-state index < -0.39 is 12.1 Å². The Bertz CT molecular complexity index is 814. The molecule has 1 aliphatic heterocycles. The first-order valence-corrected chi connectivity index (χ1v) is 9.26. The predicted octanol–water partition coefficient (Wildman–Crippen LogP) is 4.55. The fraction of sp³-hybridized carbons (Fsp3) is 0.526. The van der Waals surface area contributed by atoms with Crippen LogP contribution >= 0.6 is 0 Å². The maximum atomic E-state index is 13.0. The molecule has 27 heavy (non-hydrogen) atoms. The fourth-order valence-corrected chi connectivity index (χ4v) is 4.26. The molecule has 0 unspecified atom stereocenters. The molecule has 2 aliphatic rings. The SMILES string of the molecule is O=C(c1ccc(-c2noc(C(F)(F)F)n2)cc1)N1CCC[C@@H]2CCCC[C@@H]21. The number of hydrogen-bond acceptors (Lipinski definition) is 4. The molecule has 4 rings (SSSR count). The molecule has 0 radical (unpaired) electrons. The van der Waals surface area contributed by atoms with Gasteiger partial charge in [-0.15, -0.1) is 0 Å². The lowest BCUT2D eigenvalue weighted by Crippen LogP contribution is -2.49. The topological polar surface area (TPSA) is 59.2 Å². The van der Waals surface area contributed by atoms with E-state index in [1.165, 1.54) is 19.3 Å². The van der Waals surface area contributed by atoms with Crippen LogP contribution in [0.25, 0.3) is 11.4 Å². The lowest BCUT2D eigenvalue weighted by atomic mass is 9.78. The zero-order chi connectivity index (χ0) is 19.0. The fourth-order valence-electron chi connectivity index (χ4n) is 4.26. The summed E-state index contributed by atoms with van der Waals surface area (Å²) in [6, 6.07) is 6.66. The van der Waals surface area contributed by atoms with E-state index in [-0.39, 0.29) is 11.7 Å². The first-order valence-electron chi connectivity index (χ1n) is 9.26. The lowest BCUT2D eigenvalue weighted by molar-refractivity contribution is -0.159. The van der Waals surface area contributed by atoms with Crippen molar-refractivity contribution < 1.29 is 22.5 Å². The molecule has 1 aliphatic carbocycles. The van der Waals surface area contributed by atoms with Gasteiger partial charge in [0.2, 0.25) is 5.82 Å². The van der Waals surface area contributed by atoms with Crippen molar-refractivity contribution in [2.75, 3.05) is 6.54 Å². The zero-order valence-corrected chi connectivity index (χ0v) is 14.7. The van der Waals surface area contributed by atoms with Crippen LogP contribution in [0.2, 0.25) is 0 Å². The van der Waals surface area contributed by atoms with Gasteiger partial charge in [-0.05, 0) is 43.7 Å². The number of amides is 1. The van der Waals surface area contributed by atoms with Gasteiger partial charge < -0.3 is 9.42 Å². The van der Waals surface area contributed by atoms with Crippen molar-refractivity contribution in [2.45, 2.75) is 50.7 Å². The zero-order valence-electron chi connectivity index (χ0n) is 14.7. The molecule has 1 saturated heterocycles. The number of hydrogen-bond donors (Lipinski definition) is 0. The van der Waals surface area contributed by atoms with E-state index in [1.807, 2.05) is 4.90 Å². The van der Waals surface area contributed by atoms with Crippen LogP contribution in [0.15, 0.2) is 28.8 Å². The second-order valence-corrected chi connectivity index (χ2v) is 7.25. The molecule has 2 heterocycles. The molecule has 2 aromatic rings. The Morgan fingerprint density at radius 2 is 1.78 bits per heavy atom. The monoisotopic (exact) mass is 379 g/mol. The highest BCUT2D eigenvalue weighted by atomic mass is 19.4. The summed E-state index contributed by atoms with van der Waals surface area (Å²) in [7, 11) is 0. The Kier molecular flexibility index (Phi) is 4.65. The summed E-state index contributed by atoms with van der Waals surface area (Å²) in [5, 5.41) is 3.37. The molecule has 2 fully saturated rings. The minimum absolute atomic E-state index is 0.0118. The van der Waals surface area contributed by atoms with Crippen LogP contribution in [0.1, 0.15) is 54.8 Å². The lowest BCUT2D eigenvalue weighted by Gasteiger charge is -2.44. The second kappa shape index (κ2) is 6.98. The van der Waals surface area contributed by atoms with E-state index in [0.29, 0.717) is 23.1 Å². The quantitative estimate of drug-likeness (QED) is 0.768. The van der Waals surface area contributed by atoms with E-state index in [1.54, 1.807) is 24.3 Å². The van der Waals surface area contributed by atoms with Crippen LogP contribution in [0.3, 0.4) is 0 Å². The average molecular weight is 379 g/mol. The number of fused-ring (bicyclic) bond motifs is 1. The Hall–Kier alpha value is -2.38. The van der Waals surface area contributed by atoms with E-state index in [2.05, 4.69) is 14.7 Å². The third kappa shape index (κ3) is 3.57. The summed E-state index contributed by atoms with van der Waals surface area (Å²) in [6.45, 7) is 0.765. The number of halogens is 3. The minimum atomic E-state index is -4.67. The Labute approximate surface area is 154 Å². The van der Waals surface area contributed by atoms with Crippen molar-refractivity contribution in [3.63, 3.8) is 0 Å². The molecule has 0 spiro atoms. The Balaban J connectivity index is 1.51. The van der Waals surface area contributed by atoms with E-state index in [0.717, 1.165) is 25.8 Å². The van der Waals surface area contributed by atoms with Crippen LogP contribution in [0.4, 0.5) is 13.2 Å². The summed E-state index contributed by atoms with van der Waals surface area (Å²) in [4.78, 5) is 18.3. The van der Waals surface area contributed by atoms with Gasteiger partial charge in [-0.25, -0.2) is 0 Å². The smallest absolute Gasteiger partial charge is 0.335 e. The third-order valence-electron chi connectivity index (χ3n) is 5.56. The van der Waals surface area contributed by atoms with Gasteiger partial charge in [0.1, 0.15) is 0 Å². The Morgan fingerprint density at radius 1 is 1.07 bits per heavy atom. The second-order valence-electron chi connectivity index (χ2n) is 7.25. The highest BCUT2D eigenvalue weighted by Gasteiger charge is 2.39.